The Morgan fingerprint density at radius 2 is 1.74 bits per heavy atom. The Kier molecular flexibility index (Phi) is 11.5. The molecule has 0 fully saturated rings. The van der Waals surface area contributed by atoms with E-state index < -0.39 is 0 Å². The highest BCUT2D eigenvalue weighted by atomic mass is 79.9. The number of unbranched alkanes of at least 4 members (excludes halogenated alkanes) is 8. The summed E-state index contributed by atoms with van der Waals surface area (Å²) in [6.45, 7) is 2.24. The van der Waals surface area contributed by atoms with Crippen molar-refractivity contribution in [3.05, 3.63) is 34.3 Å². The first-order valence-electron chi connectivity index (χ1n) is 8.80. The van der Waals surface area contributed by atoms with E-state index in [0.29, 0.717) is 6.42 Å². The Bertz CT molecular complexity index is 474. The normalized spacial score (nSPS) is 11.0. The maximum Gasteiger partial charge on any atom is 0.240 e. The number of amides is 1. The maximum atomic E-state index is 11.7. The van der Waals surface area contributed by atoms with Crippen molar-refractivity contribution in [2.45, 2.75) is 71.1 Å². The van der Waals surface area contributed by atoms with Crippen LogP contribution in [0, 0.1) is 0 Å². The molecular weight excluding hydrogens is 352 g/mol. The van der Waals surface area contributed by atoms with Crippen LogP contribution in [0.5, 0.6) is 0 Å². The number of hydrogen-bond acceptors (Lipinski definition) is 2. The summed E-state index contributed by atoms with van der Waals surface area (Å²) in [5.41, 5.74) is 3.55. The summed E-state index contributed by atoms with van der Waals surface area (Å²) < 4.78 is 1.00. The SMILES string of the molecule is CCCCCCCCCCCC(=O)NN=Cc1cccc(Br)c1. The lowest BCUT2D eigenvalue weighted by Gasteiger charge is -2.02. The van der Waals surface area contributed by atoms with Gasteiger partial charge in [0.2, 0.25) is 5.91 Å². The fraction of sp³-hybridized carbons (Fsp3) is 0.579. The van der Waals surface area contributed by atoms with E-state index in [4.69, 9.17) is 0 Å². The molecule has 0 atom stereocenters. The van der Waals surface area contributed by atoms with Crippen LogP contribution in [0.4, 0.5) is 0 Å². The molecule has 1 N–H and O–H groups in total. The zero-order chi connectivity index (χ0) is 16.8. The third-order valence-corrected chi connectivity index (χ3v) is 4.25. The van der Waals surface area contributed by atoms with Crippen molar-refractivity contribution >= 4 is 28.1 Å². The third-order valence-electron chi connectivity index (χ3n) is 3.76. The molecule has 0 radical (unpaired) electrons. The van der Waals surface area contributed by atoms with E-state index >= 15 is 0 Å². The van der Waals surface area contributed by atoms with E-state index in [1.54, 1.807) is 6.21 Å². The Labute approximate surface area is 149 Å². The lowest BCUT2D eigenvalue weighted by atomic mass is 10.1. The molecule has 128 valence electrons. The molecule has 0 spiro atoms. The van der Waals surface area contributed by atoms with Crippen LogP contribution in [-0.4, -0.2) is 12.1 Å². The van der Waals surface area contributed by atoms with Crippen molar-refractivity contribution in [1.29, 1.82) is 0 Å². The van der Waals surface area contributed by atoms with Gasteiger partial charge in [-0.25, -0.2) is 5.43 Å². The van der Waals surface area contributed by atoms with Crippen LogP contribution in [0.25, 0.3) is 0 Å². The molecule has 0 aliphatic heterocycles. The molecule has 0 aromatic heterocycles. The van der Waals surface area contributed by atoms with Gasteiger partial charge in [0.1, 0.15) is 0 Å². The Balaban J connectivity index is 2.00. The van der Waals surface area contributed by atoms with Crippen molar-refractivity contribution in [2.24, 2.45) is 5.10 Å². The second-order valence-electron chi connectivity index (χ2n) is 5.93. The van der Waals surface area contributed by atoms with Crippen LogP contribution in [0.1, 0.15) is 76.7 Å². The number of carbonyl (C=O) groups excluding carboxylic acids is 1. The van der Waals surface area contributed by atoms with Crippen molar-refractivity contribution < 1.29 is 4.79 Å². The van der Waals surface area contributed by atoms with E-state index in [1.165, 1.54) is 44.9 Å². The zero-order valence-corrected chi connectivity index (χ0v) is 15.8. The van der Waals surface area contributed by atoms with Gasteiger partial charge in [-0.2, -0.15) is 5.10 Å². The highest BCUT2D eigenvalue weighted by Gasteiger charge is 1.99. The topological polar surface area (TPSA) is 41.5 Å². The molecule has 0 saturated heterocycles. The highest BCUT2D eigenvalue weighted by Crippen LogP contribution is 2.11. The van der Waals surface area contributed by atoms with Crippen molar-refractivity contribution in [1.82, 2.24) is 5.43 Å². The number of hydrogen-bond donors (Lipinski definition) is 1. The number of halogens is 1. The Morgan fingerprint density at radius 3 is 2.39 bits per heavy atom. The predicted octanol–water partition coefficient (Wildman–Crippen LogP) is 5.82. The summed E-state index contributed by atoms with van der Waals surface area (Å²) in [5, 5.41) is 3.99. The molecule has 0 saturated carbocycles. The smallest absolute Gasteiger partial charge is 0.240 e. The van der Waals surface area contributed by atoms with E-state index in [9.17, 15) is 4.79 Å². The van der Waals surface area contributed by atoms with Gasteiger partial charge in [0.25, 0.3) is 0 Å². The van der Waals surface area contributed by atoms with Gasteiger partial charge in [-0.3, -0.25) is 4.79 Å². The standard InChI is InChI=1S/C19H29BrN2O/c1-2-3-4-5-6-7-8-9-10-14-19(23)22-21-16-17-12-11-13-18(20)15-17/h11-13,15-16H,2-10,14H2,1H3,(H,22,23). The van der Waals surface area contributed by atoms with E-state index in [1.807, 2.05) is 24.3 Å². The second-order valence-corrected chi connectivity index (χ2v) is 6.84. The average Bonchev–Trinajstić information content (AvgIpc) is 2.53. The summed E-state index contributed by atoms with van der Waals surface area (Å²) >= 11 is 3.41. The third kappa shape index (κ3) is 11.1. The summed E-state index contributed by atoms with van der Waals surface area (Å²) in [5.74, 6) is -0.000748. The molecule has 1 aromatic rings. The summed E-state index contributed by atoms with van der Waals surface area (Å²) in [6.07, 6.45) is 13.6. The monoisotopic (exact) mass is 380 g/mol. The van der Waals surface area contributed by atoms with Crippen molar-refractivity contribution in [3.63, 3.8) is 0 Å². The molecule has 0 aliphatic carbocycles. The molecule has 0 unspecified atom stereocenters. The number of rotatable bonds is 12. The zero-order valence-electron chi connectivity index (χ0n) is 14.2. The fourth-order valence-corrected chi connectivity index (χ4v) is 2.83. The first kappa shape index (κ1) is 19.9. The molecule has 1 aromatic carbocycles. The van der Waals surface area contributed by atoms with Crippen LogP contribution in [-0.2, 0) is 4.79 Å². The molecule has 0 bridgehead atoms. The van der Waals surface area contributed by atoms with Gasteiger partial charge in [0.05, 0.1) is 6.21 Å². The van der Waals surface area contributed by atoms with E-state index in [0.717, 1.165) is 22.9 Å². The van der Waals surface area contributed by atoms with Gasteiger partial charge < -0.3 is 0 Å². The van der Waals surface area contributed by atoms with Crippen LogP contribution in [0.15, 0.2) is 33.8 Å². The predicted molar refractivity (Wildman–Crippen MR) is 102 cm³/mol. The van der Waals surface area contributed by atoms with E-state index in [2.05, 4.69) is 33.4 Å². The molecule has 23 heavy (non-hydrogen) atoms. The van der Waals surface area contributed by atoms with Crippen molar-refractivity contribution in [2.75, 3.05) is 0 Å². The molecular formula is C19H29BrN2O. The quantitative estimate of drug-likeness (QED) is 0.277. The first-order valence-corrected chi connectivity index (χ1v) is 9.59. The maximum absolute atomic E-state index is 11.7. The van der Waals surface area contributed by atoms with Gasteiger partial charge in [-0.15, -0.1) is 0 Å². The molecule has 1 amide bonds. The summed E-state index contributed by atoms with van der Waals surface area (Å²) in [7, 11) is 0. The summed E-state index contributed by atoms with van der Waals surface area (Å²) in [6, 6.07) is 7.80. The van der Waals surface area contributed by atoms with Gasteiger partial charge in [-0.05, 0) is 24.1 Å². The molecule has 1 rings (SSSR count). The van der Waals surface area contributed by atoms with Crippen LogP contribution >= 0.6 is 15.9 Å². The Hall–Kier alpha value is -1.16. The van der Waals surface area contributed by atoms with Gasteiger partial charge in [0, 0.05) is 10.9 Å². The number of nitrogens with zero attached hydrogens (tertiary/aromatic N) is 1. The average molecular weight is 381 g/mol. The minimum absolute atomic E-state index is 0.000748. The number of carbonyl (C=O) groups is 1. The minimum Gasteiger partial charge on any atom is -0.273 e. The molecule has 0 aliphatic rings. The Morgan fingerprint density at radius 1 is 1.09 bits per heavy atom. The van der Waals surface area contributed by atoms with Gasteiger partial charge in [-0.1, -0.05) is 86.4 Å². The van der Waals surface area contributed by atoms with Crippen LogP contribution in [0.3, 0.4) is 0 Å². The summed E-state index contributed by atoms with van der Waals surface area (Å²) in [4.78, 5) is 11.7. The lowest BCUT2D eigenvalue weighted by Crippen LogP contribution is -2.16. The molecule has 0 heterocycles. The lowest BCUT2D eigenvalue weighted by molar-refractivity contribution is -0.121. The van der Waals surface area contributed by atoms with Crippen LogP contribution < -0.4 is 5.43 Å². The number of nitrogens with one attached hydrogen (secondary N) is 1. The fourth-order valence-electron chi connectivity index (χ4n) is 2.42. The van der Waals surface area contributed by atoms with Crippen LogP contribution in [0.2, 0.25) is 0 Å². The number of hydrazone groups is 1. The minimum atomic E-state index is -0.000748. The first-order chi connectivity index (χ1) is 11.2. The largest absolute Gasteiger partial charge is 0.273 e. The highest BCUT2D eigenvalue weighted by molar-refractivity contribution is 9.10. The van der Waals surface area contributed by atoms with Gasteiger partial charge in [0.15, 0.2) is 0 Å². The van der Waals surface area contributed by atoms with Crippen molar-refractivity contribution in [3.8, 4) is 0 Å². The number of benzene rings is 1. The second kappa shape index (κ2) is 13.3. The van der Waals surface area contributed by atoms with Gasteiger partial charge >= 0.3 is 0 Å². The molecule has 3 nitrogen and oxygen atoms in total. The molecule has 4 heteroatoms. The van der Waals surface area contributed by atoms with E-state index in [-0.39, 0.29) is 5.91 Å².